The summed E-state index contributed by atoms with van der Waals surface area (Å²) in [4.78, 5) is 0. The van der Waals surface area contributed by atoms with Gasteiger partial charge in [0.2, 0.25) is 0 Å². The second-order valence-corrected chi connectivity index (χ2v) is 33.4. The highest BCUT2D eigenvalue weighted by Crippen LogP contribution is 2.42. The standard InChI is InChI=1S/3C25H20.3C19H16/c1-19-12-14-22(15-13-19)25-17-23(20-8-4-2-5-9-20)16-24(18-25)21-10-6-3-7-11-21;1-19-12-14-20(15-13-19)23-16-17-24(21-8-4-2-5-9-21)25(18-23)22-10-6-3-7-11-22;1-19-10-9-13-21(18-19)23-15-6-8-17-25(23)24-16-7-5-14-22(24)20-11-3-2-4-12-20;1-15-12-18(16-8-4-2-5-9-16)14-19(13-15)17-10-6-3-7-11-17;1-15-12-13-18(16-8-4-2-5-9-16)14-19(15)17-10-6-3-7-11-17;1-15-12-13-18(16-8-4-2-5-9-16)19(14-15)17-10-6-3-7-11-17/h3*2-18H,1H3;3*2-14H,1H3. The van der Waals surface area contributed by atoms with Crippen molar-refractivity contribution in [3.63, 3.8) is 0 Å². The molecule has 0 spiro atoms. The summed E-state index contributed by atoms with van der Waals surface area (Å²) in [5.41, 5.74) is 45.7. The van der Waals surface area contributed by atoms with Crippen molar-refractivity contribution in [3.8, 4) is 167 Å². The molecule has 0 heteroatoms. The Bertz CT molecular complexity index is 7070. The van der Waals surface area contributed by atoms with E-state index in [2.05, 4.69) is 588 Å². The molecular weight excluding hydrogens is 1590 g/mol. The van der Waals surface area contributed by atoms with Gasteiger partial charge < -0.3 is 0 Å². The van der Waals surface area contributed by atoms with E-state index in [0.29, 0.717) is 0 Å². The van der Waals surface area contributed by atoms with E-state index >= 15 is 0 Å². The molecule has 0 nitrogen and oxygen atoms in total. The van der Waals surface area contributed by atoms with Gasteiger partial charge in [0.15, 0.2) is 0 Å². The van der Waals surface area contributed by atoms with Gasteiger partial charge in [-0.2, -0.15) is 0 Å². The van der Waals surface area contributed by atoms with Crippen LogP contribution in [0, 0.1) is 41.5 Å². The molecule has 0 aliphatic heterocycles. The van der Waals surface area contributed by atoms with Crippen molar-refractivity contribution < 1.29 is 0 Å². The van der Waals surface area contributed by atoms with Crippen molar-refractivity contribution in [2.24, 2.45) is 0 Å². The number of hydrogen-bond donors (Lipinski definition) is 0. The normalized spacial score (nSPS) is 10.5. The molecule has 21 aromatic carbocycles. The molecule has 132 heavy (non-hydrogen) atoms. The Labute approximate surface area is 782 Å². The monoisotopic (exact) mass is 1690 g/mol. The highest BCUT2D eigenvalue weighted by atomic mass is 14.2. The lowest BCUT2D eigenvalue weighted by Crippen LogP contribution is -1.89. The molecule has 0 bridgehead atoms. The minimum absolute atomic E-state index is 1.24. The molecule has 0 aromatic heterocycles. The Kier molecular flexibility index (Phi) is 30.3. The van der Waals surface area contributed by atoms with Gasteiger partial charge in [0.1, 0.15) is 0 Å². The van der Waals surface area contributed by atoms with Gasteiger partial charge in [-0.25, -0.2) is 0 Å². The summed E-state index contributed by atoms with van der Waals surface area (Å²) >= 11 is 0. The molecule has 0 amide bonds. The van der Waals surface area contributed by atoms with Crippen LogP contribution >= 0.6 is 0 Å². The van der Waals surface area contributed by atoms with Crippen molar-refractivity contribution in [1.29, 1.82) is 0 Å². The number of hydrogen-bond acceptors (Lipinski definition) is 0. The lowest BCUT2D eigenvalue weighted by Gasteiger charge is -2.15. The van der Waals surface area contributed by atoms with Gasteiger partial charge in [-0.3, -0.25) is 0 Å². The van der Waals surface area contributed by atoms with Gasteiger partial charge in [0, 0.05) is 0 Å². The van der Waals surface area contributed by atoms with Gasteiger partial charge in [-0.05, 0) is 256 Å². The maximum absolute atomic E-state index is 2.31. The summed E-state index contributed by atoms with van der Waals surface area (Å²) in [6.07, 6.45) is 0. The molecule has 0 unspecified atom stereocenters. The van der Waals surface area contributed by atoms with Crippen molar-refractivity contribution >= 4 is 0 Å². The van der Waals surface area contributed by atoms with Gasteiger partial charge >= 0.3 is 0 Å². The van der Waals surface area contributed by atoms with E-state index < -0.39 is 0 Å². The van der Waals surface area contributed by atoms with E-state index in [-0.39, 0.29) is 0 Å². The van der Waals surface area contributed by atoms with Gasteiger partial charge in [-0.15, -0.1) is 0 Å². The third kappa shape index (κ3) is 23.7. The molecule has 21 rings (SSSR count). The third-order valence-corrected chi connectivity index (χ3v) is 23.7. The van der Waals surface area contributed by atoms with Crippen LogP contribution in [-0.2, 0) is 0 Å². The van der Waals surface area contributed by atoms with Crippen LogP contribution in [0.5, 0.6) is 0 Å². The maximum atomic E-state index is 2.31. The Hall–Kier alpha value is -16.4. The SMILES string of the molecule is Cc1cc(-c2ccccc2)cc(-c2ccccc2)c1.Cc1ccc(-c2cc(-c3ccccc3)cc(-c3ccccc3)c2)cc1.Cc1ccc(-c2ccc(-c3ccccc3)c(-c3ccccc3)c2)cc1.Cc1ccc(-c2ccccc2)c(-c2ccccc2)c1.Cc1ccc(-c2ccccc2)cc1-c1ccccc1.Cc1cccc(-c2ccccc2-c2ccccc2-c2ccccc2)c1. The van der Waals surface area contributed by atoms with Crippen LogP contribution < -0.4 is 0 Å². The maximum Gasteiger partial charge on any atom is -0.00992 e. The van der Waals surface area contributed by atoms with Gasteiger partial charge in [0.05, 0.1) is 0 Å². The third-order valence-electron chi connectivity index (χ3n) is 23.7. The first-order valence-electron chi connectivity index (χ1n) is 45.6. The van der Waals surface area contributed by atoms with Crippen LogP contribution in [-0.4, -0.2) is 0 Å². The summed E-state index contributed by atoms with van der Waals surface area (Å²) in [5, 5.41) is 0. The predicted octanol–water partition coefficient (Wildman–Crippen LogP) is 37.0. The first-order chi connectivity index (χ1) is 64.9. The molecule has 0 aliphatic carbocycles. The predicted molar refractivity (Wildman–Crippen MR) is 569 cm³/mol. The minimum Gasteiger partial charge on any atom is -0.0622 e. The fourth-order valence-corrected chi connectivity index (χ4v) is 16.8. The highest BCUT2D eigenvalue weighted by molar-refractivity contribution is 5.93. The lowest BCUT2D eigenvalue weighted by molar-refractivity contribution is 1.45. The largest absolute Gasteiger partial charge is 0.0622 e. The second-order valence-electron chi connectivity index (χ2n) is 33.4. The Morgan fingerprint density at radius 2 is 0.288 bits per heavy atom. The highest BCUT2D eigenvalue weighted by Gasteiger charge is 2.16. The smallest absolute Gasteiger partial charge is 0.00992 e. The molecule has 0 aliphatic rings. The van der Waals surface area contributed by atoms with Crippen LogP contribution in [0.1, 0.15) is 33.4 Å². The molecule has 21 aromatic rings. The zero-order chi connectivity index (χ0) is 90.4. The molecule has 0 heterocycles. The molecule has 636 valence electrons. The van der Waals surface area contributed by atoms with Crippen molar-refractivity contribution in [1.82, 2.24) is 0 Å². The lowest BCUT2D eigenvalue weighted by atomic mass is 9.89. The fraction of sp³-hybridized carbons (Fsp3) is 0.0455. The Balaban J connectivity index is 0.000000116. The van der Waals surface area contributed by atoms with Crippen LogP contribution in [0.25, 0.3) is 167 Å². The number of benzene rings is 21. The summed E-state index contributed by atoms with van der Waals surface area (Å²) in [5.74, 6) is 0. The molecule has 0 N–H and O–H groups in total. The van der Waals surface area contributed by atoms with Crippen LogP contribution in [0.2, 0.25) is 0 Å². The fourth-order valence-electron chi connectivity index (χ4n) is 16.8. The molecule has 0 fully saturated rings. The zero-order valence-corrected chi connectivity index (χ0v) is 76.0. The molecule has 0 saturated heterocycles. The quantitative estimate of drug-likeness (QED) is 0.0960. The molecule has 0 saturated carbocycles. The number of rotatable bonds is 15. The van der Waals surface area contributed by atoms with E-state index in [1.54, 1.807) is 0 Å². The first kappa shape index (κ1) is 89.0. The topological polar surface area (TPSA) is 0 Å². The van der Waals surface area contributed by atoms with E-state index in [4.69, 9.17) is 0 Å². The van der Waals surface area contributed by atoms with E-state index in [1.165, 1.54) is 200 Å². The van der Waals surface area contributed by atoms with E-state index in [9.17, 15) is 0 Å². The summed E-state index contributed by atoms with van der Waals surface area (Å²) in [6.45, 7) is 12.8. The van der Waals surface area contributed by atoms with Gasteiger partial charge in [-0.1, -0.05) is 532 Å². The summed E-state index contributed by atoms with van der Waals surface area (Å²) in [6, 6.07) is 193. The molecule has 0 radical (unpaired) electrons. The van der Waals surface area contributed by atoms with E-state index in [0.717, 1.165) is 0 Å². The average Bonchev–Trinajstić information content (AvgIpc) is 0.778. The zero-order valence-electron chi connectivity index (χ0n) is 76.0. The summed E-state index contributed by atoms with van der Waals surface area (Å²) in [7, 11) is 0. The minimum atomic E-state index is 1.24. The van der Waals surface area contributed by atoms with E-state index in [1.807, 2.05) is 0 Å². The first-order valence-corrected chi connectivity index (χ1v) is 45.6. The van der Waals surface area contributed by atoms with Crippen molar-refractivity contribution in [3.05, 3.63) is 579 Å². The Morgan fingerprint density at radius 1 is 0.0833 bits per heavy atom. The number of aryl methyl sites for hydroxylation is 6. The molecular formula is C132H108. The van der Waals surface area contributed by atoms with Gasteiger partial charge in [0.25, 0.3) is 0 Å². The van der Waals surface area contributed by atoms with Crippen LogP contribution in [0.15, 0.2) is 546 Å². The van der Waals surface area contributed by atoms with Crippen molar-refractivity contribution in [2.75, 3.05) is 0 Å². The second kappa shape index (κ2) is 44.9. The van der Waals surface area contributed by atoms with Crippen molar-refractivity contribution in [2.45, 2.75) is 41.5 Å². The Morgan fingerprint density at radius 3 is 0.636 bits per heavy atom. The van der Waals surface area contributed by atoms with Crippen LogP contribution in [0.4, 0.5) is 0 Å². The molecule has 0 atom stereocenters. The average molecular weight is 1690 g/mol. The summed E-state index contributed by atoms with van der Waals surface area (Å²) < 4.78 is 0. The van der Waals surface area contributed by atoms with Crippen LogP contribution in [0.3, 0.4) is 0 Å².